The number of hydrogen-bond acceptors (Lipinski definition) is 1. The zero-order chi connectivity index (χ0) is 16.4. The Bertz CT molecular complexity index is 737. The van der Waals surface area contributed by atoms with E-state index >= 15 is 0 Å². The van der Waals surface area contributed by atoms with E-state index in [4.69, 9.17) is 0 Å². The number of nitrogens with one attached hydrogen (secondary N) is 1. The number of benzene rings is 2. The molecule has 0 bridgehead atoms. The summed E-state index contributed by atoms with van der Waals surface area (Å²) in [4.78, 5) is 12.2. The van der Waals surface area contributed by atoms with Crippen LogP contribution in [0.3, 0.4) is 0 Å². The SMILES string of the molecule is O=C(NCc1cccc(C(F)(F)F)c1)c1ccc2c(c1)CCC2. The van der Waals surface area contributed by atoms with Crippen molar-refractivity contribution in [3.8, 4) is 0 Å². The van der Waals surface area contributed by atoms with Crippen molar-refractivity contribution in [2.45, 2.75) is 32.0 Å². The first kappa shape index (κ1) is 15.6. The van der Waals surface area contributed by atoms with Crippen LogP contribution in [0, 0.1) is 0 Å². The Morgan fingerprint density at radius 3 is 2.61 bits per heavy atom. The maximum Gasteiger partial charge on any atom is 0.416 e. The minimum atomic E-state index is -4.37. The van der Waals surface area contributed by atoms with E-state index in [1.807, 2.05) is 12.1 Å². The predicted molar refractivity (Wildman–Crippen MR) is 81.1 cm³/mol. The summed E-state index contributed by atoms with van der Waals surface area (Å²) in [5, 5.41) is 2.68. The van der Waals surface area contributed by atoms with Crippen molar-refractivity contribution in [1.29, 1.82) is 0 Å². The molecule has 0 aromatic heterocycles. The van der Waals surface area contributed by atoms with Gasteiger partial charge in [-0.2, -0.15) is 13.2 Å². The Labute approximate surface area is 132 Å². The number of amides is 1. The first-order valence-corrected chi connectivity index (χ1v) is 7.49. The van der Waals surface area contributed by atoms with Gasteiger partial charge in [0.05, 0.1) is 5.56 Å². The third kappa shape index (κ3) is 3.55. The van der Waals surface area contributed by atoms with E-state index in [2.05, 4.69) is 5.32 Å². The lowest BCUT2D eigenvalue weighted by Crippen LogP contribution is -2.23. The Morgan fingerprint density at radius 1 is 1.04 bits per heavy atom. The highest BCUT2D eigenvalue weighted by Crippen LogP contribution is 2.29. The summed E-state index contributed by atoms with van der Waals surface area (Å²) >= 11 is 0. The molecular weight excluding hydrogens is 303 g/mol. The average molecular weight is 319 g/mol. The van der Waals surface area contributed by atoms with Crippen LogP contribution in [0.4, 0.5) is 13.2 Å². The molecule has 120 valence electrons. The Kier molecular flexibility index (Phi) is 4.11. The summed E-state index contributed by atoms with van der Waals surface area (Å²) in [6.07, 6.45) is -1.25. The molecule has 23 heavy (non-hydrogen) atoms. The lowest BCUT2D eigenvalue weighted by Gasteiger charge is -2.10. The van der Waals surface area contributed by atoms with E-state index in [1.165, 1.54) is 17.2 Å². The first-order chi connectivity index (χ1) is 10.9. The van der Waals surface area contributed by atoms with E-state index in [-0.39, 0.29) is 12.5 Å². The van der Waals surface area contributed by atoms with Crippen LogP contribution in [0.1, 0.15) is 39.0 Å². The van der Waals surface area contributed by atoms with Gasteiger partial charge in [-0.25, -0.2) is 0 Å². The van der Waals surface area contributed by atoms with Gasteiger partial charge >= 0.3 is 6.18 Å². The molecule has 0 saturated heterocycles. The fourth-order valence-corrected chi connectivity index (χ4v) is 2.86. The molecule has 0 spiro atoms. The van der Waals surface area contributed by atoms with Gasteiger partial charge < -0.3 is 5.32 Å². The van der Waals surface area contributed by atoms with Crippen LogP contribution in [-0.4, -0.2) is 5.91 Å². The lowest BCUT2D eigenvalue weighted by atomic mass is 10.1. The summed E-state index contributed by atoms with van der Waals surface area (Å²) < 4.78 is 38.0. The van der Waals surface area contributed by atoms with Crippen molar-refractivity contribution in [2.24, 2.45) is 0 Å². The van der Waals surface area contributed by atoms with E-state index in [0.29, 0.717) is 11.1 Å². The Balaban J connectivity index is 1.67. The maximum atomic E-state index is 12.7. The van der Waals surface area contributed by atoms with E-state index < -0.39 is 11.7 Å². The number of halogens is 3. The fraction of sp³-hybridized carbons (Fsp3) is 0.278. The van der Waals surface area contributed by atoms with Gasteiger partial charge in [-0.15, -0.1) is 0 Å². The standard InChI is InChI=1S/C18H16F3NO/c19-18(20,21)16-6-1-3-12(9-16)11-22-17(23)15-8-7-13-4-2-5-14(13)10-15/h1,3,6-10H,2,4-5,11H2,(H,22,23). The highest BCUT2D eigenvalue weighted by atomic mass is 19.4. The van der Waals surface area contributed by atoms with Gasteiger partial charge in [0.1, 0.15) is 0 Å². The van der Waals surface area contributed by atoms with Crippen LogP contribution in [0.25, 0.3) is 0 Å². The van der Waals surface area contributed by atoms with Gasteiger partial charge in [-0.3, -0.25) is 4.79 Å². The summed E-state index contributed by atoms with van der Waals surface area (Å²) in [5.41, 5.74) is 2.74. The second-order valence-electron chi connectivity index (χ2n) is 5.72. The molecule has 0 saturated carbocycles. The monoisotopic (exact) mass is 319 g/mol. The van der Waals surface area contributed by atoms with Gasteiger partial charge in [-0.1, -0.05) is 18.2 Å². The topological polar surface area (TPSA) is 29.1 Å². The van der Waals surface area contributed by atoms with Crippen LogP contribution in [0.5, 0.6) is 0 Å². The molecule has 0 atom stereocenters. The van der Waals surface area contributed by atoms with Gasteiger partial charge in [0.2, 0.25) is 0 Å². The van der Waals surface area contributed by atoms with Crippen LogP contribution in [0.15, 0.2) is 42.5 Å². The van der Waals surface area contributed by atoms with Crippen molar-refractivity contribution >= 4 is 5.91 Å². The predicted octanol–water partition coefficient (Wildman–Crippen LogP) is 4.12. The second kappa shape index (κ2) is 6.07. The van der Waals surface area contributed by atoms with Crippen LogP contribution >= 0.6 is 0 Å². The number of fused-ring (bicyclic) bond motifs is 1. The van der Waals surface area contributed by atoms with Crippen LogP contribution in [-0.2, 0) is 25.6 Å². The molecule has 1 aliphatic carbocycles. The van der Waals surface area contributed by atoms with Gasteiger partial charge in [0, 0.05) is 12.1 Å². The number of carbonyl (C=O) groups excluding carboxylic acids is 1. The number of hydrogen-bond donors (Lipinski definition) is 1. The number of carbonyl (C=O) groups is 1. The summed E-state index contributed by atoms with van der Waals surface area (Å²) in [7, 11) is 0. The maximum absolute atomic E-state index is 12.7. The third-order valence-electron chi connectivity index (χ3n) is 4.07. The van der Waals surface area contributed by atoms with E-state index in [0.717, 1.165) is 31.4 Å². The summed E-state index contributed by atoms with van der Waals surface area (Å²) in [5.74, 6) is -0.267. The summed E-state index contributed by atoms with van der Waals surface area (Å²) in [6, 6.07) is 10.6. The molecule has 0 fully saturated rings. The van der Waals surface area contributed by atoms with Crippen molar-refractivity contribution in [2.75, 3.05) is 0 Å². The van der Waals surface area contributed by atoms with Crippen molar-refractivity contribution in [3.05, 3.63) is 70.3 Å². The van der Waals surface area contributed by atoms with E-state index in [1.54, 1.807) is 12.1 Å². The molecule has 2 aromatic rings. The lowest BCUT2D eigenvalue weighted by molar-refractivity contribution is -0.137. The second-order valence-corrected chi connectivity index (χ2v) is 5.72. The van der Waals surface area contributed by atoms with Crippen molar-refractivity contribution in [3.63, 3.8) is 0 Å². The average Bonchev–Trinajstić information content (AvgIpc) is 2.99. The molecule has 2 nitrogen and oxygen atoms in total. The van der Waals surface area contributed by atoms with Crippen molar-refractivity contribution in [1.82, 2.24) is 5.32 Å². The van der Waals surface area contributed by atoms with Crippen LogP contribution < -0.4 is 5.32 Å². The molecule has 1 amide bonds. The zero-order valence-electron chi connectivity index (χ0n) is 12.4. The molecule has 2 aromatic carbocycles. The highest BCUT2D eigenvalue weighted by Gasteiger charge is 2.30. The molecule has 1 N–H and O–H groups in total. The Morgan fingerprint density at radius 2 is 1.83 bits per heavy atom. The molecular formula is C18H16F3NO. The summed E-state index contributed by atoms with van der Waals surface area (Å²) in [6.45, 7) is 0.0693. The molecule has 0 radical (unpaired) electrons. The fourth-order valence-electron chi connectivity index (χ4n) is 2.86. The van der Waals surface area contributed by atoms with Gasteiger partial charge in [-0.05, 0) is 60.2 Å². The molecule has 0 unspecified atom stereocenters. The third-order valence-corrected chi connectivity index (χ3v) is 4.07. The normalized spacial score (nSPS) is 13.7. The molecule has 0 aliphatic heterocycles. The largest absolute Gasteiger partial charge is 0.416 e. The van der Waals surface area contributed by atoms with Gasteiger partial charge in [0.15, 0.2) is 0 Å². The highest BCUT2D eigenvalue weighted by molar-refractivity contribution is 5.94. The molecule has 3 rings (SSSR count). The zero-order valence-corrected chi connectivity index (χ0v) is 12.4. The molecule has 5 heteroatoms. The van der Waals surface area contributed by atoms with E-state index in [9.17, 15) is 18.0 Å². The number of rotatable bonds is 3. The number of alkyl halides is 3. The minimum Gasteiger partial charge on any atom is -0.348 e. The van der Waals surface area contributed by atoms with Crippen LogP contribution in [0.2, 0.25) is 0 Å². The Hall–Kier alpha value is -2.30. The minimum absolute atomic E-state index is 0.0693. The smallest absolute Gasteiger partial charge is 0.348 e. The number of aryl methyl sites for hydroxylation is 2. The molecule has 1 aliphatic rings. The van der Waals surface area contributed by atoms with Crippen molar-refractivity contribution < 1.29 is 18.0 Å². The molecule has 0 heterocycles. The first-order valence-electron chi connectivity index (χ1n) is 7.49. The quantitative estimate of drug-likeness (QED) is 0.906. The van der Waals surface area contributed by atoms with Gasteiger partial charge in [0.25, 0.3) is 5.91 Å².